The number of aromatic nitrogens is 3. The number of carbonyl (C=O) groups is 1. The first-order valence-corrected chi connectivity index (χ1v) is 9.14. The van der Waals surface area contributed by atoms with Gasteiger partial charge in [0.05, 0.1) is 18.9 Å². The second-order valence-corrected chi connectivity index (χ2v) is 6.66. The number of halogens is 1. The van der Waals surface area contributed by atoms with Crippen LogP contribution in [0.1, 0.15) is 11.4 Å². The van der Waals surface area contributed by atoms with Crippen LogP contribution in [0.15, 0.2) is 51.5 Å². The highest BCUT2D eigenvalue weighted by atomic mass is 19.1. The van der Waals surface area contributed by atoms with Crippen molar-refractivity contribution in [3.63, 3.8) is 0 Å². The molecular weight excluding hydrogens is 391 g/mol. The molecule has 30 heavy (non-hydrogen) atoms. The summed E-state index contributed by atoms with van der Waals surface area (Å²) in [5, 5.41) is 10.8. The van der Waals surface area contributed by atoms with Gasteiger partial charge in [0.2, 0.25) is 11.8 Å². The molecule has 4 aromatic rings. The van der Waals surface area contributed by atoms with E-state index < -0.39 is 5.82 Å². The van der Waals surface area contributed by atoms with E-state index in [0.29, 0.717) is 17.3 Å². The number of hydrogen-bond acceptors (Lipinski definition) is 6. The van der Waals surface area contributed by atoms with Crippen LogP contribution in [0, 0.1) is 19.7 Å². The number of aryl methyl sites for hydroxylation is 1. The summed E-state index contributed by atoms with van der Waals surface area (Å²) in [7, 11) is 1.38. The Morgan fingerprint density at radius 1 is 1.20 bits per heavy atom. The zero-order valence-electron chi connectivity index (χ0n) is 16.6. The summed E-state index contributed by atoms with van der Waals surface area (Å²) in [6.07, 6.45) is 1.53. The molecule has 1 aromatic carbocycles. The number of furan rings is 1. The minimum Gasteiger partial charge on any atom is -0.494 e. The van der Waals surface area contributed by atoms with Gasteiger partial charge in [0.15, 0.2) is 17.3 Å². The van der Waals surface area contributed by atoms with Crippen molar-refractivity contribution in [2.45, 2.75) is 20.4 Å². The zero-order chi connectivity index (χ0) is 21.3. The van der Waals surface area contributed by atoms with E-state index in [9.17, 15) is 9.18 Å². The fourth-order valence-electron chi connectivity index (χ4n) is 3.18. The molecule has 154 valence electrons. The Hall–Kier alpha value is -3.88. The molecule has 8 nitrogen and oxygen atoms in total. The van der Waals surface area contributed by atoms with Crippen molar-refractivity contribution in [1.82, 2.24) is 14.8 Å². The molecule has 0 aliphatic carbocycles. The molecule has 3 heterocycles. The fraction of sp³-hybridized carbons (Fsp3) is 0.190. The number of ether oxygens (including phenoxy) is 1. The summed E-state index contributed by atoms with van der Waals surface area (Å²) < 4.78 is 31.5. The van der Waals surface area contributed by atoms with Gasteiger partial charge < -0.3 is 23.5 Å². The molecule has 1 N–H and O–H groups in total. The molecule has 1 amide bonds. The van der Waals surface area contributed by atoms with E-state index in [2.05, 4.69) is 15.5 Å². The average molecular weight is 410 g/mol. The monoisotopic (exact) mass is 410 g/mol. The predicted octanol–water partition coefficient (Wildman–Crippen LogP) is 4.20. The molecule has 0 saturated carbocycles. The van der Waals surface area contributed by atoms with E-state index in [-0.39, 0.29) is 24.1 Å². The van der Waals surface area contributed by atoms with Crippen molar-refractivity contribution in [3.8, 4) is 28.9 Å². The molecule has 4 rings (SSSR count). The van der Waals surface area contributed by atoms with E-state index in [1.807, 2.05) is 24.5 Å². The van der Waals surface area contributed by atoms with E-state index in [1.54, 1.807) is 18.2 Å². The summed E-state index contributed by atoms with van der Waals surface area (Å²) in [6.45, 7) is 3.78. The Morgan fingerprint density at radius 3 is 2.70 bits per heavy atom. The van der Waals surface area contributed by atoms with Gasteiger partial charge in [-0.2, -0.15) is 0 Å². The lowest BCUT2D eigenvalue weighted by Crippen LogP contribution is -2.20. The topological polar surface area (TPSA) is 95.3 Å². The number of rotatable bonds is 6. The molecule has 0 atom stereocenters. The lowest BCUT2D eigenvalue weighted by molar-refractivity contribution is -0.116. The normalized spacial score (nSPS) is 10.9. The van der Waals surface area contributed by atoms with Crippen molar-refractivity contribution in [3.05, 3.63) is 59.9 Å². The zero-order valence-corrected chi connectivity index (χ0v) is 16.6. The molecule has 0 saturated heterocycles. The Labute approximate surface area is 171 Å². The van der Waals surface area contributed by atoms with E-state index in [1.165, 1.54) is 25.5 Å². The van der Waals surface area contributed by atoms with Gasteiger partial charge in [-0.05, 0) is 44.2 Å². The Morgan fingerprint density at radius 2 is 2.00 bits per heavy atom. The predicted molar refractivity (Wildman–Crippen MR) is 106 cm³/mol. The number of nitrogens with one attached hydrogen (secondary N) is 1. The van der Waals surface area contributed by atoms with Crippen molar-refractivity contribution in [2.24, 2.45) is 0 Å². The van der Waals surface area contributed by atoms with Crippen LogP contribution in [-0.4, -0.2) is 27.8 Å². The first kappa shape index (κ1) is 19.4. The average Bonchev–Trinajstić information content (AvgIpc) is 3.45. The second kappa shape index (κ2) is 7.86. The number of anilines is 1. The number of carbonyl (C=O) groups excluding carboxylic acids is 1. The van der Waals surface area contributed by atoms with Crippen molar-refractivity contribution in [1.29, 1.82) is 0 Å². The van der Waals surface area contributed by atoms with Crippen LogP contribution < -0.4 is 10.1 Å². The van der Waals surface area contributed by atoms with E-state index in [4.69, 9.17) is 13.6 Å². The SMILES string of the molecule is COc1ccc(NC(=O)Cn2c(C)cc(-c3nnc(-c4ccco4)o3)c2C)cc1F. The van der Waals surface area contributed by atoms with Gasteiger partial charge in [-0.25, -0.2) is 4.39 Å². The van der Waals surface area contributed by atoms with Crippen LogP contribution in [0.5, 0.6) is 5.75 Å². The van der Waals surface area contributed by atoms with E-state index in [0.717, 1.165) is 17.0 Å². The standard InChI is InChI=1S/C21H19FN4O4/c1-12-9-15(20-24-25-21(30-20)18-5-4-8-29-18)13(2)26(12)11-19(27)23-14-6-7-17(28-3)16(22)10-14/h4-10H,11H2,1-3H3,(H,23,27). The van der Waals surface area contributed by atoms with E-state index >= 15 is 0 Å². The first-order chi connectivity index (χ1) is 14.5. The largest absolute Gasteiger partial charge is 0.494 e. The third-order valence-corrected chi connectivity index (χ3v) is 4.70. The number of methoxy groups -OCH3 is 1. The van der Waals surface area contributed by atoms with Crippen LogP contribution in [0.4, 0.5) is 10.1 Å². The maximum Gasteiger partial charge on any atom is 0.283 e. The van der Waals surface area contributed by atoms with Gasteiger partial charge in [-0.15, -0.1) is 10.2 Å². The van der Waals surface area contributed by atoms with Gasteiger partial charge in [-0.1, -0.05) is 0 Å². The highest BCUT2D eigenvalue weighted by Crippen LogP contribution is 2.29. The Balaban J connectivity index is 1.52. The van der Waals surface area contributed by atoms with Gasteiger partial charge in [0.25, 0.3) is 5.89 Å². The third-order valence-electron chi connectivity index (χ3n) is 4.70. The lowest BCUT2D eigenvalue weighted by Gasteiger charge is -2.11. The highest BCUT2D eigenvalue weighted by molar-refractivity contribution is 5.90. The fourth-order valence-corrected chi connectivity index (χ4v) is 3.18. The molecule has 0 radical (unpaired) electrons. The number of hydrogen-bond donors (Lipinski definition) is 1. The summed E-state index contributed by atoms with van der Waals surface area (Å²) in [5.41, 5.74) is 2.71. The molecule has 0 aliphatic heterocycles. The summed E-state index contributed by atoms with van der Waals surface area (Å²) in [6, 6.07) is 9.59. The highest BCUT2D eigenvalue weighted by Gasteiger charge is 2.19. The molecule has 3 aromatic heterocycles. The second-order valence-electron chi connectivity index (χ2n) is 6.66. The third kappa shape index (κ3) is 3.69. The number of nitrogens with zero attached hydrogens (tertiary/aromatic N) is 3. The van der Waals surface area contributed by atoms with Crippen LogP contribution >= 0.6 is 0 Å². The summed E-state index contributed by atoms with van der Waals surface area (Å²) in [5.74, 6) is 0.360. The number of benzene rings is 1. The minimum atomic E-state index is -0.547. The van der Waals surface area contributed by atoms with Crippen LogP contribution in [0.2, 0.25) is 0 Å². The summed E-state index contributed by atoms with van der Waals surface area (Å²) >= 11 is 0. The van der Waals surface area contributed by atoms with Crippen LogP contribution in [0.25, 0.3) is 23.1 Å². The molecule has 0 fully saturated rings. The molecule has 0 spiro atoms. The number of amides is 1. The van der Waals surface area contributed by atoms with Crippen molar-refractivity contribution < 1.29 is 22.8 Å². The quantitative estimate of drug-likeness (QED) is 0.512. The molecule has 0 unspecified atom stereocenters. The van der Waals surface area contributed by atoms with Gasteiger partial charge >= 0.3 is 0 Å². The van der Waals surface area contributed by atoms with Crippen LogP contribution in [-0.2, 0) is 11.3 Å². The Bertz CT molecular complexity index is 1190. The molecule has 9 heteroatoms. The maximum absolute atomic E-state index is 13.8. The molecular formula is C21H19FN4O4. The molecule has 0 bridgehead atoms. The van der Waals surface area contributed by atoms with Gasteiger partial charge in [0.1, 0.15) is 6.54 Å². The minimum absolute atomic E-state index is 0.0461. The van der Waals surface area contributed by atoms with Crippen molar-refractivity contribution in [2.75, 3.05) is 12.4 Å². The first-order valence-electron chi connectivity index (χ1n) is 9.14. The van der Waals surface area contributed by atoms with Crippen molar-refractivity contribution >= 4 is 11.6 Å². The molecule has 0 aliphatic rings. The van der Waals surface area contributed by atoms with Gasteiger partial charge in [0, 0.05) is 23.1 Å². The maximum atomic E-state index is 13.8. The van der Waals surface area contributed by atoms with Crippen LogP contribution in [0.3, 0.4) is 0 Å². The Kier molecular flexibility index (Phi) is 5.09. The smallest absolute Gasteiger partial charge is 0.283 e. The van der Waals surface area contributed by atoms with Gasteiger partial charge in [-0.3, -0.25) is 4.79 Å². The lowest BCUT2D eigenvalue weighted by atomic mass is 10.2. The summed E-state index contributed by atoms with van der Waals surface area (Å²) in [4.78, 5) is 12.5.